The molecule has 4 rings (SSSR count). The first-order valence-electron chi connectivity index (χ1n) is 9.93. The number of hydrogen-bond acceptors (Lipinski definition) is 4. The van der Waals surface area contributed by atoms with E-state index < -0.39 is 11.7 Å². The smallest absolute Gasteiger partial charge is 0.195 e. The van der Waals surface area contributed by atoms with E-state index in [-0.39, 0.29) is 17.5 Å². The Morgan fingerprint density at radius 1 is 1.21 bits per heavy atom. The molecule has 0 aliphatic carbocycles. The molecule has 0 aromatic heterocycles. The zero-order valence-corrected chi connectivity index (χ0v) is 17.6. The lowest BCUT2D eigenvalue weighted by Crippen LogP contribution is -2.41. The number of aliphatic hydroxyl groups is 1. The number of ether oxygens (including phenoxy) is 2. The SMILES string of the molecule is CCc1ccc(-c2ccc(Cl)cc2)cc1C1=C(O)[C@]2(C)O[C@@H](CC2COC)C1=O. The predicted octanol–water partition coefficient (Wildman–Crippen LogP) is 5.23. The van der Waals surface area contributed by atoms with Crippen LogP contribution in [-0.4, -0.2) is 36.3 Å². The van der Waals surface area contributed by atoms with Crippen molar-refractivity contribution < 1.29 is 19.4 Å². The zero-order chi connectivity index (χ0) is 20.8. The first kappa shape index (κ1) is 20.1. The van der Waals surface area contributed by atoms with Crippen LogP contribution in [0.4, 0.5) is 0 Å². The number of fused-ring (bicyclic) bond motifs is 2. The van der Waals surface area contributed by atoms with Crippen molar-refractivity contribution in [2.24, 2.45) is 5.92 Å². The first-order chi connectivity index (χ1) is 13.9. The van der Waals surface area contributed by atoms with Crippen LogP contribution in [0.15, 0.2) is 48.2 Å². The number of carbonyl (C=O) groups excluding carboxylic acids is 1. The Hall–Kier alpha value is -2.14. The summed E-state index contributed by atoms with van der Waals surface area (Å²) in [5.74, 6) is -0.203. The van der Waals surface area contributed by atoms with Crippen molar-refractivity contribution in [1.29, 1.82) is 0 Å². The van der Waals surface area contributed by atoms with Gasteiger partial charge in [0.15, 0.2) is 5.78 Å². The summed E-state index contributed by atoms with van der Waals surface area (Å²) in [7, 11) is 1.62. The van der Waals surface area contributed by atoms with Gasteiger partial charge in [-0.15, -0.1) is 0 Å². The normalized spacial score (nSPS) is 26.3. The van der Waals surface area contributed by atoms with E-state index in [1.807, 2.05) is 56.3 Å². The highest BCUT2D eigenvalue weighted by Crippen LogP contribution is 2.49. The Bertz CT molecular complexity index is 979. The molecule has 1 saturated heterocycles. The standard InChI is InChI=1S/C24H25ClO4/c1-4-14-5-6-16(15-7-9-18(25)10-8-15)11-19(14)21-22(26)20-12-17(13-28-3)24(2,29-20)23(21)27/h5-11,17,20,27H,4,12-13H2,1-3H3/t17?,20-,24+/m0/s1. The molecule has 0 saturated carbocycles. The average Bonchev–Trinajstić information content (AvgIpc) is 3.03. The molecule has 152 valence electrons. The third-order valence-electron chi connectivity index (χ3n) is 6.22. The summed E-state index contributed by atoms with van der Waals surface area (Å²) in [6, 6.07) is 13.6. The number of rotatable bonds is 5. The fraction of sp³-hybridized carbons (Fsp3) is 0.375. The number of halogens is 1. The number of methoxy groups -OCH3 is 1. The van der Waals surface area contributed by atoms with E-state index in [4.69, 9.17) is 21.1 Å². The van der Waals surface area contributed by atoms with Crippen molar-refractivity contribution in [1.82, 2.24) is 0 Å². The maximum atomic E-state index is 13.2. The summed E-state index contributed by atoms with van der Waals surface area (Å²) in [5, 5.41) is 11.9. The minimum Gasteiger partial charge on any atom is -0.508 e. The minimum absolute atomic E-state index is 0.0151. The predicted molar refractivity (Wildman–Crippen MR) is 114 cm³/mol. The van der Waals surface area contributed by atoms with E-state index in [9.17, 15) is 9.90 Å². The Kier molecular flexibility index (Phi) is 5.28. The van der Waals surface area contributed by atoms with E-state index in [1.54, 1.807) is 7.11 Å². The van der Waals surface area contributed by atoms with Crippen LogP contribution < -0.4 is 0 Å². The molecule has 2 aliphatic heterocycles. The molecule has 2 aromatic rings. The molecular weight excluding hydrogens is 388 g/mol. The third kappa shape index (κ3) is 3.29. The summed E-state index contributed by atoms with van der Waals surface area (Å²) in [5.41, 5.74) is 3.25. The van der Waals surface area contributed by atoms with E-state index in [0.717, 1.165) is 28.7 Å². The zero-order valence-electron chi connectivity index (χ0n) is 16.9. The maximum Gasteiger partial charge on any atom is 0.195 e. The number of Topliss-reactive ketones (excluding diaryl/α,β-unsaturated/α-hetero) is 1. The molecule has 1 N–H and O–H groups in total. The van der Waals surface area contributed by atoms with Crippen LogP contribution >= 0.6 is 11.6 Å². The van der Waals surface area contributed by atoms with E-state index in [0.29, 0.717) is 23.6 Å². The Balaban J connectivity index is 1.86. The van der Waals surface area contributed by atoms with Crippen LogP contribution in [0.1, 0.15) is 31.4 Å². The van der Waals surface area contributed by atoms with E-state index >= 15 is 0 Å². The minimum atomic E-state index is -0.911. The van der Waals surface area contributed by atoms with Gasteiger partial charge in [-0.25, -0.2) is 0 Å². The molecule has 3 atom stereocenters. The van der Waals surface area contributed by atoms with E-state index in [1.165, 1.54) is 0 Å². The molecule has 29 heavy (non-hydrogen) atoms. The maximum absolute atomic E-state index is 13.2. The van der Waals surface area contributed by atoms with Gasteiger partial charge in [0.2, 0.25) is 0 Å². The summed E-state index contributed by atoms with van der Waals surface area (Å²) < 4.78 is 11.3. The van der Waals surface area contributed by atoms with Crippen LogP contribution in [0.25, 0.3) is 16.7 Å². The molecule has 0 amide bonds. The molecule has 4 nitrogen and oxygen atoms in total. The fourth-order valence-electron chi connectivity index (χ4n) is 4.49. The van der Waals surface area contributed by atoms with Gasteiger partial charge in [0.1, 0.15) is 17.5 Å². The number of benzene rings is 2. The lowest BCUT2D eigenvalue weighted by Gasteiger charge is -2.34. The first-order valence-corrected chi connectivity index (χ1v) is 10.3. The number of aliphatic hydroxyl groups excluding tert-OH is 1. The topological polar surface area (TPSA) is 55.8 Å². The molecule has 5 heteroatoms. The van der Waals surface area contributed by atoms with Gasteiger partial charge in [-0.2, -0.15) is 0 Å². The van der Waals surface area contributed by atoms with Gasteiger partial charge >= 0.3 is 0 Å². The van der Waals surface area contributed by atoms with Gasteiger partial charge in [0.25, 0.3) is 0 Å². The summed E-state index contributed by atoms with van der Waals surface area (Å²) in [6.07, 6.45) is 0.758. The second-order valence-corrected chi connectivity index (χ2v) is 8.36. The van der Waals surface area contributed by atoms with Crippen molar-refractivity contribution >= 4 is 23.0 Å². The van der Waals surface area contributed by atoms with Gasteiger partial charge < -0.3 is 14.6 Å². The summed E-state index contributed by atoms with van der Waals surface area (Å²) in [6.45, 7) is 4.34. The highest BCUT2D eigenvalue weighted by atomic mass is 35.5. The number of hydrogen-bond donors (Lipinski definition) is 1. The fourth-order valence-corrected chi connectivity index (χ4v) is 4.61. The average molecular weight is 413 g/mol. The molecule has 2 aromatic carbocycles. The van der Waals surface area contributed by atoms with Crippen LogP contribution in [0.2, 0.25) is 5.02 Å². The van der Waals surface area contributed by atoms with Crippen LogP contribution in [0.3, 0.4) is 0 Å². The van der Waals surface area contributed by atoms with Crippen molar-refractivity contribution in [3.05, 3.63) is 64.4 Å². The van der Waals surface area contributed by atoms with Gasteiger partial charge in [-0.05, 0) is 60.2 Å². The number of aryl methyl sites for hydroxylation is 1. The van der Waals surface area contributed by atoms with Gasteiger partial charge in [0, 0.05) is 18.1 Å². The molecule has 0 radical (unpaired) electrons. The largest absolute Gasteiger partial charge is 0.508 e. The Morgan fingerprint density at radius 3 is 2.55 bits per heavy atom. The number of carbonyl (C=O) groups is 1. The number of ketones is 1. The molecule has 1 fully saturated rings. The second kappa shape index (κ2) is 7.60. The molecular formula is C24H25ClO4. The van der Waals surface area contributed by atoms with E-state index in [2.05, 4.69) is 0 Å². The summed E-state index contributed by atoms with van der Waals surface area (Å²) >= 11 is 6.02. The summed E-state index contributed by atoms with van der Waals surface area (Å²) in [4.78, 5) is 13.2. The second-order valence-electron chi connectivity index (χ2n) is 7.92. The van der Waals surface area contributed by atoms with Crippen molar-refractivity contribution in [2.75, 3.05) is 13.7 Å². The molecule has 2 bridgehead atoms. The lowest BCUT2D eigenvalue weighted by molar-refractivity contribution is -0.132. The quantitative estimate of drug-likeness (QED) is 0.730. The molecule has 2 heterocycles. The Labute approximate surface area is 176 Å². The third-order valence-corrected chi connectivity index (χ3v) is 6.47. The molecule has 0 spiro atoms. The monoisotopic (exact) mass is 412 g/mol. The van der Waals surface area contributed by atoms with Crippen LogP contribution in [0.5, 0.6) is 0 Å². The van der Waals surface area contributed by atoms with Gasteiger partial charge in [-0.3, -0.25) is 4.79 Å². The van der Waals surface area contributed by atoms with Gasteiger partial charge in [0.05, 0.1) is 12.2 Å². The van der Waals surface area contributed by atoms with Crippen molar-refractivity contribution in [3.8, 4) is 11.1 Å². The van der Waals surface area contributed by atoms with Gasteiger partial charge in [-0.1, -0.05) is 42.8 Å². The molecule has 2 aliphatic rings. The highest BCUT2D eigenvalue weighted by Gasteiger charge is 2.56. The molecule has 1 unspecified atom stereocenters. The lowest BCUT2D eigenvalue weighted by atomic mass is 9.84. The Morgan fingerprint density at radius 2 is 1.90 bits per heavy atom. The highest BCUT2D eigenvalue weighted by molar-refractivity contribution is 6.30. The van der Waals surface area contributed by atoms with Crippen molar-refractivity contribution in [2.45, 2.75) is 38.4 Å². The van der Waals surface area contributed by atoms with Crippen molar-refractivity contribution in [3.63, 3.8) is 0 Å². The van der Waals surface area contributed by atoms with Crippen LogP contribution in [0, 0.1) is 5.92 Å². The van der Waals surface area contributed by atoms with Crippen LogP contribution in [-0.2, 0) is 20.7 Å².